The van der Waals surface area contributed by atoms with Crippen molar-refractivity contribution in [2.75, 3.05) is 11.9 Å². The smallest absolute Gasteiger partial charge is 0.216 e. The van der Waals surface area contributed by atoms with E-state index in [-0.39, 0.29) is 5.78 Å². The summed E-state index contributed by atoms with van der Waals surface area (Å²) in [6, 6.07) is 14.6. The second-order valence-corrected chi connectivity index (χ2v) is 7.74. The van der Waals surface area contributed by atoms with Gasteiger partial charge in [-0.15, -0.1) is 0 Å². The van der Waals surface area contributed by atoms with Gasteiger partial charge in [-0.25, -0.2) is 0 Å². The Balaban J connectivity index is 1.86. The van der Waals surface area contributed by atoms with Gasteiger partial charge in [0.15, 0.2) is 5.78 Å². The summed E-state index contributed by atoms with van der Waals surface area (Å²) in [6.45, 7) is 0. The Bertz CT molecular complexity index is 832. The Labute approximate surface area is 155 Å². The van der Waals surface area contributed by atoms with E-state index in [4.69, 9.17) is 34.8 Å². The van der Waals surface area contributed by atoms with Crippen LogP contribution in [0, 0.1) is 0 Å². The van der Waals surface area contributed by atoms with Crippen LogP contribution in [0.1, 0.15) is 21.5 Å². The Morgan fingerprint density at radius 3 is 2.33 bits per heavy atom. The molecule has 2 aromatic carbocycles. The molecular formula is C19H14Cl3NO. The molecule has 1 aliphatic heterocycles. The number of rotatable bonds is 2. The number of alkyl halides is 3. The lowest BCUT2D eigenvalue weighted by Gasteiger charge is -2.26. The van der Waals surface area contributed by atoms with Gasteiger partial charge < -0.3 is 4.90 Å². The van der Waals surface area contributed by atoms with E-state index in [1.165, 1.54) is 0 Å². The first kappa shape index (κ1) is 17.1. The third kappa shape index (κ3) is 3.51. The SMILES string of the molecule is CN1C(=CC(=O)c2ccc(C(Cl)(Cl)Cl)cc2)C=Cc2ccccc21. The van der Waals surface area contributed by atoms with Gasteiger partial charge in [0.05, 0.1) is 0 Å². The molecule has 122 valence electrons. The molecule has 0 N–H and O–H groups in total. The van der Waals surface area contributed by atoms with E-state index >= 15 is 0 Å². The van der Waals surface area contributed by atoms with Crippen molar-refractivity contribution >= 4 is 52.3 Å². The second-order valence-electron chi connectivity index (χ2n) is 5.46. The van der Waals surface area contributed by atoms with Crippen LogP contribution < -0.4 is 4.90 Å². The molecule has 2 aromatic rings. The summed E-state index contributed by atoms with van der Waals surface area (Å²) in [5, 5.41) is 0. The minimum atomic E-state index is -1.49. The number of carbonyl (C=O) groups is 1. The third-order valence-electron chi connectivity index (χ3n) is 3.89. The molecule has 0 saturated heterocycles. The number of benzene rings is 2. The van der Waals surface area contributed by atoms with Crippen molar-refractivity contribution < 1.29 is 4.79 Å². The molecule has 0 bridgehead atoms. The maximum atomic E-state index is 12.5. The van der Waals surface area contributed by atoms with Crippen LogP contribution in [-0.4, -0.2) is 12.8 Å². The highest BCUT2D eigenvalue weighted by atomic mass is 35.6. The molecule has 1 aliphatic rings. The van der Waals surface area contributed by atoms with E-state index in [1.54, 1.807) is 30.3 Å². The predicted molar refractivity (Wildman–Crippen MR) is 102 cm³/mol. The number of allylic oxidation sites excluding steroid dienone is 2. The van der Waals surface area contributed by atoms with Crippen LogP contribution in [-0.2, 0) is 3.79 Å². The standard InChI is InChI=1S/C19H14Cl3NO/c1-23-16(11-8-13-4-2-3-5-17(13)23)12-18(24)14-6-9-15(10-7-14)19(20,21)22/h2-12H,1H3. The average Bonchev–Trinajstić information content (AvgIpc) is 2.57. The highest BCUT2D eigenvalue weighted by Gasteiger charge is 2.22. The van der Waals surface area contributed by atoms with Gasteiger partial charge in [0.2, 0.25) is 3.79 Å². The van der Waals surface area contributed by atoms with Gasteiger partial charge in [0, 0.05) is 35.6 Å². The number of fused-ring (bicyclic) bond motifs is 1. The highest BCUT2D eigenvalue weighted by Crippen LogP contribution is 2.38. The van der Waals surface area contributed by atoms with E-state index in [2.05, 4.69) is 0 Å². The van der Waals surface area contributed by atoms with Crippen LogP contribution in [0.2, 0.25) is 0 Å². The van der Waals surface area contributed by atoms with E-state index < -0.39 is 3.79 Å². The number of hydrogen-bond donors (Lipinski definition) is 0. The first-order valence-corrected chi connectivity index (χ1v) is 8.44. The van der Waals surface area contributed by atoms with Crippen molar-refractivity contribution in [2.24, 2.45) is 0 Å². The monoisotopic (exact) mass is 377 g/mol. The Morgan fingerprint density at radius 1 is 1.00 bits per heavy atom. The van der Waals surface area contributed by atoms with Crippen molar-refractivity contribution in [3.8, 4) is 0 Å². The maximum Gasteiger partial charge on any atom is 0.216 e. The molecule has 0 fully saturated rings. The van der Waals surface area contributed by atoms with Crippen molar-refractivity contribution in [3.63, 3.8) is 0 Å². The molecule has 0 unspecified atom stereocenters. The quantitative estimate of drug-likeness (QED) is 0.377. The van der Waals surface area contributed by atoms with E-state index in [0.29, 0.717) is 11.1 Å². The third-order valence-corrected chi connectivity index (χ3v) is 4.55. The summed E-state index contributed by atoms with van der Waals surface area (Å²) in [5.74, 6) is -0.100. The van der Waals surface area contributed by atoms with Gasteiger partial charge in [-0.05, 0) is 17.7 Å². The van der Waals surface area contributed by atoms with Gasteiger partial charge >= 0.3 is 0 Å². The molecule has 0 atom stereocenters. The summed E-state index contributed by atoms with van der Waals surface area (Å²) in [5.41, 5.74) is 4.08. The van der Waals surface area contributed by atoms with Gasteiger partial charge in [-0.3, -0.25) is 4.79 Å². The largest absolute Gasteiger partial charge is 0.344 e. The zero-order chi connectivity index (χ0) is 17.3. The fourth-order valence-corrected chi connectivity index (χ4v) is 2.92. The molecule has 24 heavy (non-hydrogen) atoms. The summed E-state index contributed by atoms with van der Waals surface area (Å²) >= 11 is 17.5. The number of likely N-dealkylation sites (N-methyl/N-ethyl adjacent to an activating group) is 1. The van der Waals surface area contributed by atoms with Gasteiger partial charge in [0.1, 0.15) is 0 Å². The second kappa shape index (κ2) is 6.64. The molecule has 0 amide bonds. The number of hydrogen-bond acceptors (Lipinski definition) is 2. The molecular weight excluding hydrogens is 365 g/mol. The molecule has 0 radical (unpaired) electrons. The zero-order valence-corrected chi connectivity index (χ0v) is 15.1. The first-order chi connectivity index (χ1) is 11.4. The van der Waals surface area contributed by atoms with Gasteiger partial charge in [-0.1, -0.05) is 83.3 Å². The highest BCUT2D eigenvalue weighted by molar-refractivity contribution is 6.66. The topological polar surface area (TPSA) is 20.3 Å². The van der Waals surface area contributed by atoms with Crippen LogP contribution in [0.15, 0.2) is 66.4 Å². The van der Waals surface area contributed by atoms with Crippen LogP contribution in [0.4, 0.5) is 5.69 Å². The molecule has 0 aromatic heterocycles. The molecule has 3 rings (SSSR count). The minimum absolute atomic E-state index is 0.100. The van der Waals surface area contributed by atoms with Crippen LogP contribution in [0.25, 0.3) is 6.08 Å². The van der Waals surface area contributed by atoms with Crippen LogP contribution in [0.5, 0.6) is 0 Å². The van der Waals surface area contributed by atoms with Crippen molar-refractivity contribution in [1.82, 2.24) is 0 Å². The average molecular weight is 379 g/mol. The fraction of sp³-hybridized carbons (Fsp3) is 0.105. The fourth-order valence-electron chi connectivity index (χ4n) is 2.55. The van der Waals surface area contributed by atoms with E-state index in [0.717, 1.165) is 16.9 Å². The predicted octanol–water partition coefficient (Wildman–Crippen LogP) is 5.74. The summed E-state index contributed by atoms with van der Waals surface area (Å²) in [7, 11) is 1.94. The Morgan fingerprint density at radius 2 is 1.67 bits per heavy atom. The number of para-hydroxylation sites is 1. The summed E-state index contributed by atoms with van der Waals surface area (Å²) < 4.78 is -1.49. The molecule has 0 saturated carbocycles. The molecule has 0 aliphatic carbocycles. The number of ketones is 1. The Hall–Kier alpha value is -1.74. The lowest BCUT2D eigenvalue weighted by Crippen LogP contribution is -2.19. The number of halogens is 3. The lowest BCUT2D eigenvalue weighted by atomic mass is 10.0. The summed E-state index contributed by atoms with van der Waals surface area (Å²) in [4.78, 5) is 14.5. The van der Waals surface area contributed by atoms with Gasteiger partial charge in [0.25, 0.3) is 0 Å². The number of anilines is 1. The Kier molecular flexibility index (Phi) is 4.73. The van der Waals surface area contributed by atoms with Crippen LogP contribution >= 0.6 is 34.8 Å². The first-order valence-electron chi connectivity index (χ1n) is 7.30. The normalized spacial score (nSPS) is 15.5. The van der Waals surface area contributed by atoms with Gasteiger partial charge in [-0.2, -0.15) is 0 Å². The van der Waals surface area contributed by atoms with E-state index in [1.807, 2.05) is 48.4 Å². The van der Waals surface area contributed by atoms with Crippen molar-refractivity contribution in [1.29, 1.82) is 0 Å². The van der Waals surface area contributed by atoms with Crippen LogP contribution in [0.3, 0.4) is 0 Å². The van der Waals surface area contributed by atoms with E-state index in [9.17, 15) is 4.79 Å². The number of carbonyl (C=O) groups excluding carboxylic acids is 1. The molecule has 1 heterocycles. The molecule has 2 nitrogen and oxygen atoms in total. The number of nitrogens with zero attached hydrogens (tertiary/aromatic N) is 1. The summed E-state index contributed by atoms with van der Waals surface area (Å²) in [6.07, 6.45) is 5.53. The maximum absolute atomic E-state index is 12.5. The zero-order valence-electron chi connectivity index (χ0n) is 12.8. The lowest BCUT2D eigenvalue weighted by molar-refractivity contribution is 0.104. The molecule has 0 spiro atoms. The van der Waals surface area contributed by atoms with Crippen molar-refractivity contribution in [2.45, 2.75) is 3.79 Å². The molecule has 5 heteroatoms. The van der Waals surface area contributed by atoms with Crippen molar-refractivity contribution in [3.05, 3.63) is 83.1 Å². The minimum Gasteiger partial charge on any atom is -0.344 e.